The number of para-hydroxylation sites is 1. The second-order valence-electron chi connectivity index (χ2n) is 7.37. The maximum absolute atomic E-state index is 12.2. The molecule has 1 aliphatic heterocycles. The summed E-state index contributed by atoms with van der Waals surface area (Å²) in [7, 11) is 0. The average Bonchev–Trinajstić information content (AvgIpc) is 2.77. The Hall–Kier alpha value is -3.35. The summed E-state index contributed by atoms with van der Waals surface area (Å²) < 4.78 is 10.7. The third-order valence-corrected chi connectivity index (χ3v) is 4.86. The first-order valence-electron chi connectivity index (χ1n) is 10.1. The van der Waals surface area contributed by atoms with Crippen molar-refractivity contribution in [1.82, 2.24) is 10.2 Å². The highest BCUT2D eigenvalue weighted by Crippen LogP contribution is 2.21. The summed E-state index contributed by atoms with van der Waals surface area (Å²) in [5.74, 6) is 0.506. The fourth-order valence-corrected chi connectivity index (χ4v) is 3.25. The highest BCUT2D eigenvalue weighted by atomic mass is 16.5. The van der Waals surface area contributed by atoms with E-state index in [4.69, 9.17) is 9.47 Å². The van der Waals surface area contributed by atoms with E-state index in [-0.39, 0.29) is 19.1 Å². The summed E-state index contributed by atoms with van der Waals surface area (Å²) in [6.45, 7) is 2.89. The Morgan fingerprint density at radius 3 is 2.43 bits per heavy atom. The number of ether oxygens (including phenoxy) is 2. The lowest BCUT2D eigenvalue weighted by atomic mass is 10.0. The number of esters is 1. The van der Waals surface area contributed by atoms with Gasteiger partial charge in [-0.3, -0.25) is 14.4 Å². The topological polar surface area (TPSA) is 84.9 Å². The van der Waals surface area contributed by atoms with Crippen molar-refractivity contribution in [2.45, 2.75) is 19.8 Å². The van der Waals surface area contributed by atoms with Crippen LogP contribution in [0.25, 0.3) is 0 Å². The molecule has 0 aliphatic carbocycles. The van der Waals surface area contributed by atoms with Gasteiger partial charge >= 0.3 is 5.97 Å². The third kappa shape index (κ3) is 6.34. The maximum Gasteiger partial charge on any atom is 0.325 e. The number of rotatable bonds is 7. The normalized spacial score (nSPS) is 15.9. The number of carbonyl (C=O) groups is 3. The van der Waals surface area contributed by atoms with E-state index in [1.807, 2.05) is 30.3 Å². The molecular formula is C23H26N2O5. The van der Waals surface area contributed by atoms with Crippen LogP contribution in [0.15, 0.2) is 54.6 Å². The summed E-state index contributed by atoms with van der Waals surface area (Å²) >= 11 is 0. The number of nitrogens with one attached hydrogen (secondary N) is 1. The van der Waals surface area contributed by atoms with Crippen molar-refractivity contribution in [3.63, 3.8) is 0 Å². The number of hydrogen-bond donors (Lipinski definition) is 1. The smallest absolute Gasteiger partial charge is 0.325 e. The van der Waals surface area contributed by atoms with Gasteiger partial charge in [-0.2, -0.15) is 0 Å². The van der Waals surface area contributed by atoms with E-state index in [2.05, 4.69) is 12.2 Å². The van der Waals surface area contributed by atoms with Gasteiger partial charge in [-0.25, -0.2) is 0 Å². The zero-order valence-electron chi connectivity index (χ0n) is 17.0. The van der Waals surface area contributed by atoms with E-state index in [1.165, 1.54) is 0 Å². The molecule has 1 aliphatic rings. The molecule has 0 unspecified atom stereocenters. The van der Waals surface area contributed by atoms with Crippen molar-refractivity contribution >= 4 is 17.8 Å². The van der Waals surface area contributed by atoms with Crippen LogP contribution in [-0.2, 0) is 14.3 Å². The van der Waals surface area contributed by atoms with E-state index < -0.39 is 11.9 Å². The Balaban J connectivity index is 1.40. The molecule has 1 heterocycles. The Labute approximate surface area is 176 Å². The number of hydrogen-bond acceptors (Lipinski definition) is 5. The van der Waals surface area contributed by atoms with E-state index in [9.17, 15) is 14.4 Å². The molecule has 2 amide bonds. The first-order chi connectivity index (χ1) is 14.5. The quantitative estimate of drug-likeness (QED) is 0.710. The molecule has 1 saturated heterocycles. The van der Waals surface area contributed by atoms with Crippen molar-refractivity contribution in [2.24, 2.45) is 5.92 Å². The first-order valence-corrected chi connectivity index (χ1v) is 10.1. The second-order valence-corrected chi connectivity index (χ2v) is 7.37. The fraction of sp³-hybridized carbons (Fsp3) is 0.348. The number of carbonyl (C=O) groups excluding carboxylic acids is 3. The van der Waals surface area contributed by atoms with Crippen molar-refractivity contribution < 1.29 is 23.9 Å². The minimum atomic E-state index is -0.647. The molecule has 1 fully saturated rings. The number of amides is 2. The minimum absolute atomic E-state index is 0.199. The highest BCUT2D eigenvalue weighted by Gasteiger charge is 2.21. The monoisotopic (exact) mass is 410 g/mol. The molecule has 2 aromatic carbocycles. The minimum Gasteiger partial charge on any atom is -0.457 e. The molecule has 2 aromatic rings. The Bertz CT molecular complexity index is 867. The lowest BCUT2D eigenvalue weighted by molar-refractivity contribution is -0.151. The Kier molecular flexibility index (Phi) is 7.43. The second kappa shape index (κ2) is 10.4. The van der Waals surface area contributed by atoms with E-state index in [0.29, 0.717) is 36.1 Å². The Morgan fingerprint density at radius 2 is 1.73 bits per heavy atom. The summed E-state index contributed by atoms with van der Waals surface area (Å²) in [6.07, 6.45) is 2.07. The van der Waals surface area contributed by atoms with Crippen LogP contribution in [0.3, 0.4) is 0 Å². The summed E-state index contributed by atoms with van der Waals surface area (Å²) in [5.41, 5.74) is 0.390. The summed E-state index contributed by atoms with van der Waals surface area (Å²) in [4.78, 5) is 37.9. The van der Waals surface area contributed by atoms with Gasteiger partial charge in [0.05, 0.1) is 0 Å². The Morgan fingerprint density at radius 1 is 1.03 bits per heavy atom. The molecule has 3 rings (SSSR count). The van der Waals surface area contributed by atoms with Crippen LogP contribution in [0.1, 0.15) is 30.1 Å². The van der Waals surface area contributed by atoms with Crippen LogP contribution in [0, 0.1) is 5.92 Å². The molecule has 0 radical (unpaired) electrons. The van der Waals surface area contributed by atoms with Crippen molar-refractivity contribution in [1.29, 1.82) is 0 Å². The molecular weight excluding hydrogens is 384 g/mol. The molecule has 7 heteroatoms. The molecule has 30 heavy (non-hydrogen) atoms. The summed E-state index contributed by atoms with van der Waals surface area (Å²) in [6, 6.07) is 15.9. The molecule has 158 valence electrons. The van der Waals surface area contributed by atoms with Crippen LogP contribution in [0.5, 0.6) is 11.5 Å². The first kappa shape index (κ1) is 21.4. The standard InChI is InChI=1S/C23H26N2O5/c1-17-6-5-13-25(15-17)21(26)16-29-22(27)14-24-23(28)18-9-11-20(12-10-18)30-19-7-3-2-4-8-19/h2-4,7-12,17H,5-6,13-16H2,1H3,(H,24,28)/t17-/m0/s1. The van der Waals surface area contributed by atoms with Gasteiger partial charge in [-0.1, -0.05) is 25.1 Å². The lowest BCUT2D eigenvalue weighted by Gasteiger charge is -2.30. The highest BCUT2D eigenvalue weighted by molar-refractivity contribution is 5.96. The molecule has 7 nitrogen and oxygen atoms in total. The van der Waals surface area contributed by atoms with Crippen molar-refractivity contribution in [3.8, 4) is 11.5 Å². The zero-order valence-corrected chi connectivity index (χ0v) is 17.0. The van der Waals surface area contributed by atoms with Gasteiger partial charge in [0.25, 0.3) is 11.8 Å². The van der Waals surface area contributed by atoms with Crippen molar-refractivity contribution in [3.05, 3.63) is 60.2 Å². The predicted octanol–water partition coefficient (Wildman–Crippen LogP) is 3.01. The van der Waals surface area contributed by atoms with Gasteiger partial charge in [-0.05, 0) is 55.2 Å². The molecule has 0 aromatic heterocycles. The van der Waals surface area contributed by atoms with Gasteiger partial charge in [0, 0.05) is 18.7 Å². The van der Waals surface area contributed by atoms with Crippen LogP contribution in [0.4, 0.5) is 0 Å². The zero-order chi connectivity index (χ0) is 21.3. The van der Waals surface area contributed by atoms with Gasteiger partial charge in [0.2, 0.25) is 0 Å². The van der Waals surface area contributed by atoms with Crippen LogP contribution in [0.2, 0.25) is 0 Å². The summed E-state index contributed by atoms with van der Waals surface area (Å²) in [5, 5.41) is 2.50. The number of likely N-dealkylation sites (tertiary alicyclic amines) is 1. The van der Waals surface area contributed by atoms with Crippen LogP contribution >= 0.6 is 0 Å². The number of piperidine rings is 1. The van der Waals surface area contributed by atoms with Crippen LogP contribution in [-0.4, -0.2) is 48.9 Å². The largest absolute Gasteiger partial charge is 0.457 e. The third-order valence-electron chi connectivity index (χ3n) is 4.86. The van der Waals surface area contributed by atoms with Crippen molar-refractivity contribution in [2.75, 3.05) is 26.2 Å². The van der Waals surface area contributed by atoms with Crippen LogP contribution < -0.4 is 10.1 Å². The molecule has 0 bridgehead atoms. The SMILES string of the molecule is C[C@H]1CCCN(C(=O)COC(=O)CNC(=O)c2ccc(Oc3ccccc3)cc2)C1. The van der Waals surface area contributed by atoms with E-state index in [0.717, 1.165) is 12.8 Å². The molecule has 0 spiro atoms. The van der Waals surface area contributed by atoms with Gasteiger partial charge < -0.3 is 19.7 Å². The van der Waals surface area contributed by atoms with Gasteiger partial charge in [0.1, 0.15) is 18.0 Å². The van der Waals surface area contributed by atoms with E-state index >= 15 is 0 Å². The molecule has 1 N–H and O–H groups in total. The average molecular weight is 410 g/mol. The number of nitrogens with zero attached hydrogens (tertiary/aromatic N) is 1. The molecule has 0 saturated carbocycles. The predicted molar refractivity (Wildman–Crippen MR) is 111 cm³/mol. The van der Waals surface area contributed by atoms with Gasteiger partial charge in [0.15, 0.2) is 6.61 Å². The number of benzene rings is 2. The fourth-order valence-electron chi connectivity index (χ4n) is 3.25. The van der Waals surface area contributed by atoms with E-state index in [1.54, 1.807) is 29.2 Å². The van der Waals surface area contributed by atoms with Gasteiger partial charge in [-0.15, -0.1) is 0 Å². The lowest BCUT2D eigenvalue weighted by Crippen LogP contribution is -2.42. The maximum atomic E-state index is 12.2. The molecule has 1 atom stereocenters.